The average molecular weight is 327 g/mol. The standard InChI is InChI=1S/C17H24ClFN2O/c1-12-8-13(2)11-21(10-12)7-3-6-20-17(22)15-9-14(18)4-5-16(15)19/h4-5,9,12-13H,3,6-8,10-11H2,1-2H3,(H,20,22)/t12-,13-/m1/s1. The van der Waals surface area contributed by atoms with Gasteiger partial charge in [-0.2, -0.15) is 0 Å². The first-order valence-corrected chi connectivity index (χ1v) is 8.29. The van der Waals surface area contributed by atoms with Crippen molar-refractivity contribution in [1.82, 2.24) is 10.2 Å². The summed E-state index contributed by atoms with van der Waals surface area (Å²) in [6.07, 6.45) is 2.16. The number of amides is 1. The lowest BCUT2D eigenvalue weighted by atomic mass is 9.92. The summed E-state index contributed by atoms with van der Waals surface area (Å²) in [6, 6.07) is 4.01. The Morgan fingerprint density at radius 3 is 2.73 bits per heavy atom. The van der Waals surface area contributed by atoms with Gasteiger partial charge in [-0.25, -0.2) is 4.39 Å². The topological polar surface area (TPSA) is 32.3 Å². The SMILES string of the molecule is C[C@@H]1C[C@@H](C)CN(CCCNC(=O)c2cc(Cl)ccc2F)C1. The quantitative estimate of drug-likeness (QED) is 0.839. The summed E-state index contributed by atoms with van der Waals surface area (Å²) in [5.41, 5.74) is 0.00715. The Labute approximate surface area is 136 Å². The van der Waals surface area contributed by atoms with E-state index in [2.05, 4.69) is 24.1 Å². The molecule has 22 heavy (non-hydrogen) atoms. The van der Waals surface area contributed by atoms with Crippen LogP contribution in [0.25, 0.3) is 0 Å². The lowest BCUT2D eigenvalue weighted by Gasteiger charge is -2.34. The highest BCUT2D eigenvalue weighted by molar-refractivity contribution is 6.30. The molecule has 5 heteroatoms. The van der Waals surface area contributed by atoms with Gasteiger partial charge < -0.3 is 10.2 Å². The second-order valence-corrected chi connectivity index (χ2v) is 6.88. The van der Waals surface area contributed by atoms with Gasteiger partial charge in [0.1, 0.15) is 5.82 Å². The summed E-state index contributed by atoms with van der Waals surface area (Å²) in [6.45, 7) is 8.33. The molecule has 1 aliphatic heterocycles. The van der Waals surface area contributed by atoms with Crippen LogP contribution in [0.15, 0.2) is 18.2 Å². The van der Waals surface area contributed by atoms with E-state index in [9.17, 15) is 9.18 Å². The van der Waals surface area contributed by atoms with Crippen molar-refractivity contribution in [3.05, 3.63) is 34.6 Å². The summed E-state index contributed by atoms with van der Waals surface area (Å²) < 4.78 is 13.6. The number of hydrogen-bond donors (Lipinski definition) is 1. The Hall–Kier alpha value is -1.13. The Morgan fingerprint density at radius 2 is 2.05 bits per heavy atom. The maximum absolute atomic E-state index is 13.6. The van der Waals surface area contributed by atoms with Crippen molar-refractivity contribution in [2.75, 3.05) is 26.2 Å². The van der Waals surface area contributed by atoms with Crippen molar-refractivity contribution >= 4 is 17.5 Å². The fourth-order valence-electron chi connectivity index (χ4n) is 3.25. The zero-order valence-corrected chi connectivity index (χ0v) is 14.0. The number of nitrogens with one attached hydrogen (secondary N) is 1. The summed E-state index contributed by atoms with van der Waals surface area (Å²) in [5.74, 6) is 0.527. The molecule has 1 heterocycles. The van der Waals surface area contributed by atoms with E-state index in [0.29, 0.717) is 11.6 Å². The molecule has 0 aliphatic carbocycles. The Morgan fingerprint density at radius 1 is 1.36 bits per heavy atom. The highest BCUT2D eigenvalue weighted by Crippen LogP contribution is 2.20. The highest BCUT2D eigenvalue weighted by atomic mass is 35.5. The number of halogens is 2. The molecule has 122 valence electrons. The first kappa shape index (κ1) is 17.2. The molecule has 1 saturated heterocycles. The molecule has 1 aromatic carbocycles. The Kier molecular flexibility index (Phi) is 6.21. The van der Waals surface area contributed by atoms with E-state index < -0.39 is 11.7 Å². The van der Waals surface area contributed by atoms with Gasteiger partial charge in [0.05, 0.1) is 5.56 Å². The van der Waals surface area contributed by atoms with Crippen LogP contribution < -0.4 is 5.32 Å². The predicted octanol–water partition coefficient (Wildman–Crippen LogP) is 3.58. The summed E-state index contributed by atoms with van der Waals surface area (Å²) in [7, 11) is 0. The lowest BCUT2D eigenvalue weighted by molar-refractivity contribution is 0.0943. The number of hydrogen-bond acceptors (Lipinski definition) is 2. The maximum Gasteiger partial charge on any atom is 0.254 e. The third-order valence-electron chi connectivity index (χ3n) is 4.05. The van der Waals surface area contributed by atoms with Gasteiger partial charge in [0.15, 0.2) is 0 Å². The van der Waals surface area contributed by atoms with Gasteiger partial charge in [0.25, 0.3) is 5.91 Å². The molecule has 0 saturated carbocycles. The molecule has 2 rings (SSSR count). The predicted molar refractivity (Wildman–Crippen MR) is 87.7 cm³/mol. The van der Waals surface area contributed by atoms with E-state index in [-0.39, 0.29) is 5.56 Å². The van der Waals surface area contributed by atoms with E-state index in [0.717, 1.165) is 37.9 Å². The first-order chi connectivity index (χ1) is 10.5. The van der Waals surface area contributed by atoms with Gasteiger partial charge in [0.2, 0.25) is 0 Å². The second-order valence-electron chi connectivity index (χ2n) is 6.44. The number of rotatable bonds is 5. The van der Waals surface area contributed by atoms with Crippen LogP contribution in [0, 0.1) is 17.7 Å². The van der Waals surface area contributed by atoms with E-state index >= 15 is 0 Å². The van der Waals surface area contributed by atoms with E-state index in [4.69, 9.17) is 11.6 Å². The first-order valence-electron chi connectivity index (χ1n) is 7.91. The molecule has 0 unspecified atom stereocenters. The number of carbonyl (C=O) groups is 1. The average Bonchev–Trinajstić information content (AvgIpc) is 2.45. The molecule has 0 spiro atoms. The molecule has 0 aromatic heterocycles. The van der Waals surface area contributed by atoms with Crippen LogP contribution in [0.2, 0.25) is 5.02 Å². The van der Waals surface area contributed by atoms with Crippen LogP contribution in [0.4, 0.5) is 4.39 Å². The molecule has 1 N–H and O–H groups in total. The summed E-state index contributed by atoms with van der Waals surface area (Å²) in [5, 5.41) is 3.13. The number of likely N-dealkylation sites (tertiary alicyclic amines) is 1. The number of carbonyl (C=O) groups excluding carboxylic acids is 1. The van der Waals surface area contributed by atoms with Crippen molar-refractivity contribution in [2.24, 2.45) is 11.8 Å². The summed E-state index contributed by atoms with van der Waals surface area (Å²) >= 11 is 5.80. The molecule has 1 aromatic rings. The van der Waals surface area contributed by atoms with Crippen LogP contribution in [0.1, 0.15) is 37.0 Å². The van der Waals surface area contributed by atoms with Gasteiger partial charge >= 0.3 is 0 Å². The van der Waals surface area contributed by atoms with E-state index in [1.54, 1.807) is 0 Å². The van der Waals surface area contributed by atoms with E-state index in [1.165, 1.54) is 24.6 Å². The van der Waals surface area contributed by atoms with Gasteiger partial charge in [-0.15, -0.1) is 0 Å². The lowest BCUT2D eigenvalue weighted by Crippen LogP contribution is -2.40. The monoisotopic (exact) mass is 326 g/mol. The molecule has 2 atom stereocenters. The number of benzene rings is 1. The third kappa shape index (κ3) is 4.96. The van der Waals surface area contributed by atoms with Crippen LogP contribution in [-0.2, 0) is 0 Å². The van der Waals surface area contributed by atoms with Crippen molar-refractivity contribution < 1.29 is 9.18 Å². The second kappa shape index (κ2) is 7.93. The highest BCUT2D eigenvalue weighted by Gasteiger charge is 2.21. The fraction of sp³-hybridized carbons (Fsp3) is 0.588. The van der Waals surface area contributed by atoms with Gasteiger partial charge in [0, 0.05) is 24.7 Å². The molecule has 1 fully saturated rings. The largest absolute Gasteiger partial charge is 0.352 e. The van der Waals surface area contributed by atoms with E-state index in [1.807, 2.05) is 0 Å². The third-order valence-corrected chi connectivity index (χ3v) is 4.29. The maximum atomic E-state index is 13.6. The van der Waals surface area contributed by atoms with Crippen molar-refractivity contribution in [2.45, 2.75) is 26.7 Å². The van der Waals surface area contributed by atoms with Crippen LogP contribution in [0.5, 0.6) is 0 Å². The molecule has 1 aliphatic rings. The Bertz CT molecular complexity index is 513. The normalized spacial score (nSPS) is 22.5. The van der Waals surface area contributed by atoms with Crippen LogP contribution >= 0.6 is 11.6 Å². The van der Waals surface area contributed by atoms with Crippen LogP contribution in [0.3, 0.4) is 0 Å². The molecular weight excluding hydrogens is 303 g/mol. The zero-order chi connectivity index (χ0) is 16.1. The van der Waals surface area contributed by atoms with Gasteiger partial charge in [-0.05, 0) is 49.4 Å². The molecule has 0 radical (unpaired) electrons. The van der Waals surface area contributed by atoms with Gasteiger partial charge in [-0.1, -0.05) is 25.4 Å². The zero-order valence-electron chi connectivity index (χ0n) is 13.2. The fourth-order valence-corrected chi connectivity index (χ4v) is 3.42. The van der Waals surface area contributed by atoms with Crippen LogP contribution in [-0.4, -0.2) is 37.0 Å². The smallest absolute Gasteiger partial charge is 0.254 e. The number of piperidine rings is 1. The van der Waals surface area contributed by atoms with Crippen molar-refractivity contribution in [3.63, 3.8) is 0 Å². The Balaban J connectivity index is 1.74. The van der Waals surface area contributed by atoms with Crippen molar-refractivity contribution in [1.29, 1.82) is 0 Å². The van der Waals surface area contributed by atoms with Gasteiger partial charge in [-0.3, -0.25) is 4.79 Å². The minimum absolute atomic E-state index is 0.00715. The molecular formula is C17H24ClFN2O. The van der Waals surface area contributed by atoms with Crippen molar-refractivity contribution in [3.8, 4) is 0 Å². The molecule has 0 bridgehead atoms. The molecule has 1 amide bonds. The molecule has 3 nitrogen and oxygen atoms in total. The summed E-state index contributed by atoms with van der Waals surface area (Å²) in [4.78, 5) is 14.4. The number of nitrogens with zero attached hydrogens (tertiary/aromatic N) is 1. The minimum Gasteiger partial charge on any atom is -0.352 e. The minimum atomic E-state index is -0.541.